The molecule has 1 amide bonds. The Labute approximate surface area is 370 Å². The van der Waals surface area contributed by atoms with E-state index >= 15 is 0 Å². The van der Waals surface area contributed by atoms with Crippen LogP contribution in [0.3, 0.4) is 0 Å². The molecule has 324 valence electrons. The number of benzene rings is 3. The van der Waals surface area contributed by atoms with Crippen molar-refractivity contribution in [2.45, 2.75) is 108 Å². The predicted molar refractivity (Wildman–Crippen MR) is 245 cm³/mol. The maximum Gasteiger partial charge on any atom is 0.329 e. The van der Waals surface area contributed by atoms with E-state index in [1.54, 1.807) is 24.4 Å². The summed E-state index contributed by atoms with van der Waals surface area (Å²) < 4.78 is 12.9. The number of hydrogen-bond donors (Lipinski definition) is 4. The van der Waals surface area contributed by atoms with Crippen LogP contribution in [-0.4, -0.2) is 45.7 Å². The van der Waals surface area contributed by atoms with Gasteiger partial charge in [0.1, 0.15) is 22.9 Å². The second-order valence-corrected chi connectivity index (χ2v) is 18.4. The van der Waals surface area contributed by atoms with E-state index in [0.29, 0.717) is 73.8 Å². The number of nitrogens with zero attached hydrogens (tertiary/aromatic N) is 2. The Balaban J connectivity index is 0.926. The molecule has 8 rings (SSSR count). The van der Waals surface area contributed by atoms with E-state index in [1.165, 1.54) is 22.4 Å². The van der Waals surface area contributed by atoms with E-state index in [0.717, 1.165) is 73.1 Å². The van der Waals surface area contributed by atoms with Gasteiger partial charge in [-0.3, -0.25) is 9.78 Å². The minimum Gasteiger partial charge on any atom is -0.494 e. The van der Waals surface area contributed by atoms with Crippen LogP contribution in [-0.2, 0) is 34.4 Å². The molecule has 2 heterocycles. The molecule has 0 bridgehead atoms. The van der Waals surface area contributed by atoms with Gasteiger partial charge in [0.2, 0.25) is 5.91 Å². The number of anilines is 2. The van der Waals surface area contributed by atoms with E-state index in [4.69, 9.17) is 26.8 Å². The number of nitrogens with one attached hydrogen (secondary N) is 2. The van der Waals surface area contributed by atoms with Gasteiger partial charge < -0.3 is 30.9 Å². The highest BCUT2D eigenvalue weighted by Gasteiger charge is 2.54. The first-order chi connectivity index (χ1) is 30.0. The van der Waals surface area contributed by atoms with Crippen LogP contribution in [0.25, 0.3) is 11.1 Å². The summed E-state index contributed by atoms with van der Waals surface area (Å²) in [5, 5.41) is 17.7. The maximum absolute atomic E-state index is 13.1. The highest BCUT2D eigenvalue weighted by molar-refractivity contribution is 6.30. The highest BCUT2D eigenvalue weighted by Crippen LogP contribution is 2.57. The number of fused-ring (bicyclic) bond motifs is 3. The first-order valence-corrected chi connectivity index (χ1v) is 22.6. The molecule has 10 nitrogen and oxygen atoms in total. The minimum atomic E-state index is -1.11. The van der Waals surface area contributed by atoms with Crippen molar-refractivity contribution in [3.05, 3.63) is 130 Å². The molecular formula is C51H58ClN5O5. The Kier molecular flexibility index (Phi) is 13.0. The van der Waals surface area contributed by atoms with Crippen molar-refractivity contribution in [2.75, 3.05) is 24.3 Å². The molecule has 3 atom stereocenters. The molecule has 0 saturated heterocycles. The van der Waals surface area contributed by atoms with Gasteiger partial charge in [0.15, 0.2) is 0 Å². The van der Waals surface area contributed by atoms with Gasteiger partial charge in [0.25, 0.3) is 0 Å². The molecule has 5 N–H and O–H groups in total. The summed E-state index contributed by atoms with van der Waals surface area (Å²) in [4.78, 5) is 34.8. The number of ether oxygens (including phenoxy) is 2. The van der Waals surface area contributed by atoms with Gasteiger partial charge in [-0.15, -0.1) is 0 Å². The van der Waals surface area contributed by atoms with E-state index in [-0.39, 0.29) is 17.2 Å². The minimum absolute atomic E-state index is 0.0316. The zero-order valence-corrected chi connectivity index (χ0v) is 36.6. The number of amides is 1. The SMILES string of the molecule is C[C@@H](COc1ccnc2c1[C@H](C)CCC2)CC1Cc2ccc(OCCCC(=O)NCc3cccc(-c4ccc(N)nc4)c3)cc2C12CCC(Nc1cccc(Cl)c1)(C(=O)O)CC2. The van der Waals surface area contributed by atoms with Crippen LogP contribution in [0.1, 0.15) is 106 Å². The van der Waals surface area contributed by atoms with E-state index in [2.05, 4.69) is 52.6 Å². The molecule has 0 aliphatic heterocycles. The standard InChI is InChI=1S/C51H58ClN5O5/c1-33(32-62-45-18-23-54-44-12-3-7-34(2)48(44)45)25-39-27-37-14-16-42(29-43(37)50(39)19-21-51(22-20-50,49(59)60)57-41-11-5-10-40(52)28-41)61-24-6-13-47(58)56-30-35-8-4-9-36(26-35)38-15-17-46(53)55-31-38/h4-5,8-11,14-18,23,26,28-29,31,33-34,39,57H,3,6-7,12-13,19-22,24-25,27,30,32H2,1-2H3,(H2,53,55)(H,56,58)(H,59,60)/t33-,34-,39?,50?,51?/m1/s1. The largest absolute Gasteiger partial charge is 0.494 e. The second-order valence-electron chi connectivity index (χ2n) is 17.9. The number of nitrogens with two attached hydrogens (primary N) is 1. The number of halogens is 1. The quantitative estimate of drug-likeness (QED) is 0.0712. The van der Waals surface area contributed by atoms with Gasteiger partial charge in [0.05, 0.1) is 13.2 Å². The normalized spacial score (nSPS) is 22.0. The van der Waals surface area contributed by atoms with Crippen molar-refractivity contribution in [3.8, 4) is 22.6 Å². The number of aromatic nitrogens is 2. The van der Waals surface area contributed by atoms with Crippen molar-refractivity contribution in [1.29, 1.82) is 0 Å². The average Bonchev–Trinajstić information content (AvgIpc) is 3.55. The van der Waals surface area contributed by atoms with Crippen LogP contribution < -0.4 is 25.8 Å². The van der Waals surface area contributed by atoms with Crippen LogP contribution in [0.4, 0.5) is 11.5 Å². The van der Waals surface area contributed by atoms with Gasteiger partial charge in [0, 0.05) is 52.9 Å². The van der Waals surface area contributed by atoms with E-state index in [9.17, 15) is 14.7 Å². The molecular weight excluding hydrogens is 798 g/mol. The topological polar surface area (TPSA) is 149 Å². The molecule has 3 aliphatic rings. The fourth-order valence-electron chi connectivity index (χ4n) is 10.3. The van der Waals surface area contributed by atoms with E-state index < -0.39 is 11.5 Å². The summed E-state index contributed by atoms with van der Waals surface area (Å²) >= 11 is 6.32. The number of aryl methyl sites for hydroxylation is 1. The van der Waals surface area contributed by atoms with Crippen molar-refractivity contribution in [2.24, 2.45) is 11.8 Å². The fourth-order valence-corrected chi connectivity index (χ4v) is 10.5. The first kappa shape index (κ1) is 43.1. The lowest BCUT2D eigenvalue weighted by molar-refractivity contribution is -0.144. The van der Waals surface area contributed by atoms with Crippen LogP contribution in [0.15, 0.2) is 97.3 Å². The number of carbonyl (C=O) groups excluding carboxylic acids is 1. The van der Waals surface area contributed by atoms with Crippen LogP contribution >= 0.6 is 11.6 Å². The average molecular weight is 857 g/mol. The molecule has 0 radical (unpaired) electrons. The molecule has 62 heavy (non-hydrogen) atoms. The van der Waals surface area contributed by atoms with Gasteiger partial charge >= 0.3 is 5.97 Å². The number of carboxylic acid groups (broad SMARTS) is 1. The van der Waals surface area contributed by atoms with Gasteiger partial charge in [-0.1, -0.05) is 55.8 Å². The number of rotatable bonds is 16. The third kappa shape index (κ3) is 9.55. The molecule has 1 saturated carbocycles. The number of pyridine rings is 2. The molecule has 5 aromatic rings. The zero-order chi connectivity index (χ0) is 43.3. The fraction of sp³-hybridized carbons (Fsp3) is 0.412. The Hall–Kier alpha value is -5.61. The second kappa shape index (κ2) is 18.8. The zero-order valence-electron chi connectivity index (χ0n) is 35.8. The predicted octanol–water partition coefficient (Wildman–Crippen LogP) is 10.3. The highest BCUT2D eigenvalue weighted by atomic mass is 35.5. The number of carboxylic acids is 1. The summed E-state index contributed by atoms with van der Waals surface area (Å²) in [7, 11) is 0. The van der Waals surface area contributed by atoms with Crippen LogP contribution in [0.2, 0.25) is 5.02 Å². The maximum atomic E-state index is 13.1. The van der Waals surface area contributed by atoms with Gasteiger partial charge in [-0.05, 0) is 164 Å². The Morgan fingerprint density at radius 1 is 0.968 bits per heavy atom. The van der Waals surface area contributed by atoms with Gasteiger partial charge in [-0.25, -0.2) is 9.78 Å². The lowest BCUT2D eigenvalue weighted by atomic mass is 9.59. The summed E-state index contributed by atoms with van der Waals surface area (Å²) in [6, 6.07) is 27.5. The summed E-state index contributed by atoms with van der Waals surface area (Å²) in [6.45, 7) is 5.99. The van der Waals surface area contributed by atoms with Crippen molar-refractivity contribution >= 4 is 35.0 Å². The lowest BCUT2D eigenvalue weighted by Crippen LogP contribution is -2.53. The van der Waals surface area contributed by atoms with Crippen LogP contribution in [0, 0.1) is 11.8 Å². The molecule has 1 fully saturated rings. The number of aliphatic carboxylic acids is 1. The Bertz CT molecular complexity index is 2380. The monoisotopic (exact) mass is 855 g/mol. The van der Waals surface area contributed by atoms with E-state index in [1.807, 2.05) is 54.7 Å². The molecule has 2 aromatic heterocycles. The number of hydrogen-bond acceptors (Lipinski definition) is 8. The molecule has 3 aliphatic carbocycles. The molecule has 11 heteroatoms. The smallest absolute Gasteiger partial charge is 0.329 e. The lowest BCUT2D eigenvalue weighted by Gasteiger charge is -2.47. The Morgan fingerprint density at radius 2 is 1.81 bits per heavy atom. The Morgan fingerprint density at radius 3 is 2.60 bits per heavy atom. The third-order valence-electron chi connectivity index (χ3n) is 13.6. The number of carbonyl (C=O) groups is 2. The summed E-state index contributed by atoms with van der Waals surface area (Å²) in [5.41, 5.74) is 13.1. The molecule has 1 spiro atoms. The summed E-state index contributed by atoms with van der Waals surface area (Å²) in [6.07, 6.45) is 12.1. The summed E-state index contributed by atoms with van der Waals surface area (Å²) in [5.74, 6) is 2.36. The van der Waals surface area contributed by atoms with Crippen molar-refractivity contribution in [3.63, 3.8) is 0 Å². The number of nitrogen functional groups attached to an aromatic ring is 1. The van der Waals surface area contributed by atoms with Gasteiger partial charge in [-0.2, -0.15) is 0 Å². The van der Waals surface area contributed by atoms with Crippen molar-refractivity contribution < 1.29 is 24.2 Å². The molecule has 3 aromatic carbocycles. The van der Waals surface area contributed by atoms with Crippen molar-refractivity contribution in [1.82, 2.24) is 15.3 Å². The third-order valence-corrected chi connectivity index (χ3v) is 13.9. The van der Waals surface area contributed by atoms with Crippen LogP contribution in [0.5, 0.6) is 11.5 Å². The molecule has 1 unspecified atom stereocenters. The first-order valence-electron chi connectivity index (χ1n) is 22.2.